The van der Waals surface area contributed by atoms with Crippen LogP contribution in [0, 0.1) is 17.0 Å². The van der Waals surface area contributed by atoms with Gasteiger partial charge in [0, 0.05) is 25.9 Å². The van der Waals surface area contributed by atoms with Gasteiger partial charge in [0.15, 0.2) is 0 Å². The van der Waals surface area contributed by atoms with Crippen molar-refractivity contribution < 1.29 is 9.72 Å². The van der Waals surface area contributed by atoms with Gasteiger partial charge in [-0.2, -0.15) is 0 Å². The first-order chi connectivity index (χ1) is 8.34. The van der Waals surface area contributed by atoms with Crippen LogP contribution in [0.4, 0.5) is 11.5 Å². The average molecular weight is 252 g/mol. The molecular formula is C11H16N4O3. The number of carbonyl (C=O) groups is 1. The van der Waals surface area contributed by atoms with Gasteiger partial charge < -0.3 is 10.2 Å². The summed E-state index contributed by atoms with van der Waals surface area (Å²) in [5.74, 6) is -0.0599. The Morgan fingerprint density at radius 1 is 1.56 bits per heavy atom. The molecule has 0 aliphatic carbocycles. The molecule has 18 heavy (non-hydrogen) atoms. The van der Waals surface area contributed by atoms with Gasteiger partial charge >= 0.3 is 5.69 Å². The van der Waals surface area contributed by atoms with E-state index >= 15 is 0 Å². The van der Waals surface area contributed by atoms with Crippen LogP contribution in [0.2, 0.25) is 0 Å². The van der Waals surface area contributed by atoms with E-state index in [9.17, 15) is 14.9 Å². The summed E-state index contributed by atoms with van der Waals surface area (Å²) in [5.41, 5.74) is 0.401. The molecule has 1 heterocycles. The highest BCUT2D eigenvalue weighted by Gasteiger charge is 2.22. The maximum absolute atomic E-state index is 11.7. The Hall–Kier alpha value is -2.18. The molecule has 0 aromatic carbocycles. The van der Waals surface area contributed by atoms with Crippen LogP contribution in [0.5, 0.6) is 0 Å². The van der Waals surface area contributed by atoms with Gasteiger partial charge in [-0.05, 0) is 19.9 Å². The molecule has 98 valence electrons. The predicted molar refractivity (Wildman–Crippen MR) is 67.4 cm³/mol. The quantitative estimate of drug-likeness (QED) is 0.642. The largest absolute Gasteiger partial charge is 0.353 e. The van der Waals surface area contributed by atoms with Crippen molar-refractivity contribution in [1.29, 1.82) is 0 Å². The van der Waals surface area contributed by atoms with Crippen LogP contribution >= 0.6 is 0 Å². The predicted octanol–water partition coefficient (Wildman–Crippen LogP) is 1.19. The zero-order chi connectivity index (χ0) is 13.9. The number of carbonyl (C=O) groups excluding carboxylic acids is 1. The number of pyridine rings is 1. The lowest BCUT2D eigenvalue weighted by Crippen LogP contribution is -2.37. The molecule has 1 N–H and O–H groups in total. The Morgan fingerprint density at radius 3 is 2.67 bits per heavy atom. The molecule has 1 rings (SSSR count). The van der Waals surface area contributed by atoms with Crippen LogP contribution in [-0.4, -0.2) is 40.9 Å². The first kappa shape index (κ1) is 13.9. The van der Waals surface area contributed by atoms with Crippen molar-refractivity contribution in [3.8, 4) is 0 Å². The van der Waals surface area contributed by atoms with E-state index in [0.29, 0.717) is 5.56 Å². The van der Waals surface area contributed by atoms with Gasteiger partial charge in [-0.25, -0.2) is 4.98 Å². The van der Waals surface area contributed by atoms with E-state index in [0.717, 1.165) is 0 Å². The van der Waals surface area contributed by atoms with Gasteiger partial charge in [-0.1, -0.05) is 0 Å². The van der Waals surface area contributed by atoms with Crippen LogP contribution in [0.25, 0.3) is 0 Å². The minimum Gasteiger partial charge on any atom is -0.353 e. The van der Waals surface area contributed by atoms with Crippen LogP contribution in [0.15, 0.2) is 12.3 Å². The van der Waals surface area contributed by atoms with Gasteiger partial charge in [-0.3, -0.25) is 14.9 Å². The van der Waals surface area contributed by atoms with Crippen molar-refractivity contribution in [3.05, 3.63) is 27.9 Å². The van der Waals surface area contributed by atoms with Gasteiger partial charge in [0.25, 0.3) is 0 Å². The molecule has 0 fully saturated rings. The first-order valence-corrected chi connectivity index (χ1v) is 5.42. The van der Waals surface area contributed by atoms with E-state index in [1.165, 1.54) is 11.1 Å². The maximum Gasteiger partial charge on any atom is 0.314 e. The number of hydrogen-bond donors (Lipinski definition) is 1. The van der Waals surface area contributed by atoms with Crippen molar-refractivity contribution in [2.45, 2.75) is 19.9 Å². The number of rotatable bonds is 4. The number of nitro groups is 1. The minimum atomic E-state index is -0.576. The Balaban J connectivity index is 3.01. The Labute approximate surface area is 105 Å². The van der Waals surface area contributed by atoms with E-state index in [1.807, 2.05) is 0 Å². The Morgan fingerprint density at radius 2 is 2.17 bits per heavy atom. The van der Waals surface area contributed by atoms with Crippen LogP contribution in [-0.2, 0) is 4.79 Å². The van der Waals surface area contributed by atoms with Gasteiger partial charge in [-0.15, -0.1) is 0 Å². The first-order valence-electron chi connectivity index (χ1n) is 5.42. The van der Waals surface area contributed by atoms with E-state index in [2.05, 4.69) is 10.3 Å². The van der Waals surface area contributed by atoms with Crippen molar-refractivity contribution >= 4 is 17.4 Å². The highest BCUT2D eigenvalue weighted by atomic mass is 16.6. The summed E-state index contributed by atoms with van der Waals surface area (Å²) in [5, 5.41) is 13.7. The smallest absolute Gasteiger partial charge is 0.314 e. The molecule has 0 aliphatic rings. The zero-order valence-electron chi connectivity index (χ0n) is 10.8. The molecule has 0 spiro atoms. The fourth-order valence-corrected chi connectivity index (χ4v) is 1.54. The normalized spacial score (nSPS) is 11.8. The third-order valence-electron chi connectivity index (χ3n) is 2.47. The third kappa shape index (κ3) is 2.93. The van der Waals surface area contributed by atoms with Gasteiger partial charge in [0.1, 0.15) is 6.04 Å². The molecule has 0 saturated heterocycles. The molecule has 1 amide bonds. The Kier molecular flexibility index (Phi) is 4.19. The summed E-state index contributed by atoms with van der Waals surface area (Å²) in [6.45, 7) is 3.26. The lowest BCUT2D eigenvalue weighted by atomic mass is 10.2. The van der Waals surface area contributed by atoms with Crippen LogP contribution < -0.4 is 5.32 Å². The lowest BCUT2D eigenvalue weighted by molar-refractivity contribution is -0.384. The Bertz CT molecular complexity index is 473. The van der Waals surface area contributed by atoms with Crippen molar-refractivity contribution in [3.63, 3.8) is 0 Å². The zero-order valence-corrected chi connectivity index (χ0v) is 10.8. The lowest BCUT2D eigenvalue weighted by Gasteiger charge is -2.18. The summed E-state index contributed by atoms with van der Waals surface area (Å²) in [7, 11) is 3.25. The molecule has 7 nitrogen and oxygen atoms in total. The summed E-state index contributed by atoms with van der Waals surface area (Å²) in [6, 6.07) is 0.981. The molecule has 1 aromatic rings. The minimum absolute atomic E-state index is 0.101. The number of hydrogen-bond acceptors (Lipinski definition) is 5. The molecule has 0 aliphatic heterocycles. The monoisotopic (exact) mass is 252 g/mol. The van der Waals surface area contributed by atoms with Gasteiger partial charge in [0.2, 0.25) is 11.7 Å². The SMILES string of the molecule is Cc1ccnc(NC(C)C(=O)N(C)C)c1[N+](=O)[O-]. The standard InChI is InChI=1S/C11H16N4O3/c1-7-5-6-12-10(9(7)15(17)18)13-8(2)11(16)14(3)4/h5-6,8H,1-4H3,(H,12,13). The highest BCUT2D eigenvalue weighted by molar-refractivity contribution is 5.84. The van der Waals surface area contributed by atoms with Crippen molar-refractivity contribution in [1.82, 2.24) is 9.88 Å². The van der Waals surface area contributed by atoms with Crippen LogP contribution in [0.3, 0.4) is 0 Å². The molecule has 0 saturated carbocycles. The number of nitrogens with one attached hydrogen (secondary N) is 1. The summed E-state index contributed by atoms with van der Waals surface area (Å²) < 4.78 is 0. The number of aryl methyl sites for hydroxylation is 1. The fourth-order valence-electron chi connectivity index (χ4n) is 1.54. The molecular weight excluding hydrogens is 236 g/mol. The number of aromatic nitrogens is 1. The second-order valence-corrected chi connectivity index (χ2v) is 4.18. The van der Waals surface area contributed by atoms with E-state index < -0.39 is 11.0 Å². The van der Waals surface area contributed by atoms with Crippen molar-refractivity contribution in [2.24, 2.45) is 0 Å². The highest BCUT2D eigenvalue weighted by Crippen LogP contribution is 2.25. The fraction of sp³-hybridized carbons (Fsp3) is 0.455. The summed E-state index contributed by atoms with van der Waals surface area (Å²) in [4.78, 5) is 27.5. The van der Waals surface area contributed by atoms with Crippen molar-refractivity contribution in [2.75, 3.05) is 19.4 Å². The average Bonchev–Trinajstić information content (AvgIpc) is 2.27. The second-order valence-electron chi connectivity index (χ2n) is 4.18. The molecule has 7 heteroatoms. The molecule has 0 bridgehead atoms. The number of amides is 1. The molecule has 1 atom stereocenters. The van der Waals surface area contributed by atoms with Gasteiger partial charge in [0.05, 0.1) is 4.92 Å². The third-order valence-corrected chi connectivity index (χ3v) is 2.47. The number of nitrogens with zero attached hydrogens (tertiary/aromatic N) is 3. The molecule has 0 radical (unpaired) electrons. The summed E-state index contributed by atoms with van der Waals surface area (Å²) >= 11 is 0. The van der Waals surface area contributed by atoms with Crippen LogP contribution in [0.1, 0.15) is 12.5 Å². The second kappa shape index (κ2) is 5.44. The topological polar surface area (TPSA) is 88.4 Å². The number of likely N-dealkylation sites (N-methyl/N-ethyl adjacent to an activating group) is 1. The van der Waals surface area contributed by atoms with E-state index in [4.69, 9.17) is 0 Å². The maximum atomic E-state index is 11.7. The summed E-state index contributed by atoms with van der Waals surface area (Å²) in [6.07, 6.45) is 1.47. The molecule has 1 unspecified atom stereocenters. The molecule has 1 aromatic heterocycles. The van der Waals surface area contributed by atoms with E-state index in [-0.39, 0.29) is 17.4 Å². The number of anilines is 1. The van der Waals surface area contributed by atoms with E-state index in [1.54, 1.807) is 34.0 Å².